The van der Waals surface area contributed by atoms with Crippen LogP contribution in [-0.2, 0) is 27.6 Å². The molecule has 0 saturated carbocycles. The van der Waals surface area contributed by atoms with Crippen molar-refractivity contribution >= 4 is 32.6 Å². The van der Waals surface area contributed by atoms with Crippen LogP contribution in [0.15, 0.2) is 83.8 Å². The molecule has 1 unspecified atom stereocenters. The van der Waals surface area contributed by atoms with Crippen molar-refractivity contribution in [3.63, 3.8) is 0 Å². The molecule has 4 aromatic rings. The maximum atomic E-state index is 13.8. The lowest BCUT2D eigenvalue weighted by Gasteiger charge is -2.31. The summed E-state index contributed by atoms with van der Waals surface area (Å²) in [4.78, 5) is 14.8. The van der Waals surface area contributed by atoms with E-state index >= 15 is 0 Å². The number of carbonyl (C=O) groups excluding carboxylic acids is 1. The Labute approximate surface area is 282 Å². The van der Waals surface area contributed by atoms with Gasteiger partial charge in [-0.05, 0) is 104 Å². The zero-order valence-electron chi connectivity index (χ0n) is 28.1. The standard InChI is InChI=1S/C37H44N2O8S/c1-37(2,3)47-36(41)38(20-18-26-12-17-34(44-4)35(21-26)45-5)24-30(40)25-46-31-14-16-33-29(22-31)11-8-19-39(33)48(42,43)32-15-13-27-9-6-7-10-28(27)23-32/h6-7,9-10,12-17,21-23,30,40H,8,11,18-20,24-25H2,1-5H3. The molecule has 1 aliphatic rings. The van der Waals surface area contributed by atoms with Gasteiger partial charge in [0.25, 0.3) is 10.0 Å². The molecule has 1 heterocycles. The van der Waals surface area contributed by atoms with E-state index in [1.807, 2.05) is 54.6 Å². The molecule has 0 spiro atoms. The molecule has 256 valence electrons. The van der Waals surface area contributed by atoms with Crippen molar-refractivity contribution in [3.8, 4) is 17.2 Å². The molecule has 5 rings (SSSR count). The van der Waals surface area contributed by atoms with Crippen molar-refractivity contribution in [2.75, 3.05) is 44.8 Å². The molecule has 1 N–H and O–H groups in total. The number of benzene rings is 4. The lowest BCUT2D eigenvalue weighted by molar-refractivity contribution is 0.00944. The van der Waals surface area contributed by atoms with Crippen LogP contribution in [0.3, 0.4) is 0 Å². The van der Waals surface area contributed by atoms with Crippen molar-refractivity contribution in [2.24, 2.45) is 0 Å². The van der Waals surface area contributed by atoms with Gasteiger partial charge in [-0.25, -0.2) is 13.2 Å². The predicted octanol–water partition coefficient (Wildman–Crippen LogP) is 6.22. The van der Waals surface area contributed by atoms with Gasteiger partial charge >= 0.3 is 6.09 Å². The van der Waals surface area contributed by atoms with Crippen molar-refractivity contribution in [1.29, 1.82) is 0 Å². The lowest BCUT2D eigenvalue weighted by atomic mass is 10.0. The molecule has 0 radical (unpaired) electrons. The summed E-state index contributed by atoms with van der Waals surface area (Å²) in [7, 11) is -0.645. The van der Waals surface area contributed by atoms with E-state index in [0.717, 1.165) is 21.9 Å². The number of fused-ring (bicyclic) bond motifs is 2. The SMILES string of the molecule is COc1ccc(CCN(CC(O)COc2ccc3c(c2)CCCN3S(=O)(=O)c2ccc3ccccc3c2)C(=O)OC(C)(C)C)cc1OC. The Balaban J connectivity index is 1.25. The first-order chi connectivity index (χ1) is 22.9. The van der Waals surface area contributed by atoms with E-state index in [-0.39, 0.29) is 18.0 Å². The molecule has 48 heavy (non-hydrogen) atoms. The fraction of sp³-hybridized carbons (Fsp3) is 0.378. The number of aryl methyl sites for hydroxylation is 1. The predicted molar refractivity (Wildman–Crippen MR) is 186 cm³/mol. The number of rotatable bonds is 12. The quantitative estimate of drug-likeness (QED) is 0.188. The van der Waals surface area contributed by atoms with Crippen molar-refractivity contribution < 1.29 is 37.3 Å². The number of hydrogen-bond donors (Lipinski definition) is 1. The topological polar surface area (TPSA) is 115 Å². The normalized spacial score (nSPS) is 13.8. The zero-order valence-corrected chi connectivity index (χ0v) is 29.0. The second kappa shape index (κ2) is 14.7. The van der Waals surface area contributed by atoms with Crippen LogP contribution in [0.5, 0.6) is 17.2 Å². The van der Waals surface area contributed by atoms with E-state index in [2.05, 4.69) is 0 Å². The molecule has 1 aliphatic heterocycles. The van der Waals surface area contributed by atoms with Crippen LogP contribution >= 0.6 is 0 Å². The summed E-state index contributed by atoms with van der Waals surface area (Å²) in [5.41, 5.74) is 1.69. The Kier molecular flexibility index (Phi) is 10.7. The minimum Gasteiger partial charge on any atom is -0.493 e. The minimum absolute atomic E-state index is 0.00900. The summed E-state index contributed by atoms with van der Waals surface area (Å²) in [6.07, 6.45) is 0.307. The number of hydrogen-bond acceptors (Lipinski definition) is 8. The summed E-state index contributed by atoms with van der Waals surface area (Å²) in [5, 5.41) is 12.8. The van der Waals surface area contributed by atoms with E-state index < -0.39 is 27.8 Å². The molecule has 0 aromatic heterocycles. The molecule has 1 amide bonds. The largest absolute Gasteiger partial charge is 0.493 e. The number of sulfonamides is 1. The second-order valence-corrected chi connectivity index (χ2v) is 14.7. The molecule has 0 aliphatic carbocycles. The van der Waals surface area contributed by atoms with Crippen LogP contribution in [-0.4, -0.2) is 76.7 Å². The molecule has 1 atom stereocenters. The van der Waals surface area contributed by atoms with Gasteiger partial charge in [-0.3, -0.25) is 4.31 Å². The zero-order chi connectivity index (χ0) is 34.5. The molecule has 4 aromatic carbocycles. The van der Waals surface area contributed by atoms with Gasteiger partial charge < -0.3 is 29.0 Å². The van der Waals surface area contributed by atoms with Gasteiger partial charge in [0.15, 0.2) is 11.5 Å². The highest BCUT2D eigenvalue weighted by atomic mass is 32.2. The third-order valence-corrected chi connectivity index (χ3v) is 9.89. The van der Waals surface area contributed by atoms with Crippen LogP contribution in [0.4, 0.5) is 10.5 Å². The fourth-order valence-corrected chi connectivity index (χ4v) is 7.29. The van der Waals surface area contributed by atoms with Crippen LogP contribution in [0.25, 0.3) is 10.8 Å². The van der Waals surface area contributed by atoms with Gasteiger partial charge in [-0.15, -0.1) is 0 Å². The monoisotopic (exact) mass is 676 g/mol. The summed E-state index contributed by atoms with van der Waals surface area (Å²) >= 11 is 0. The van der Waals surface area contributed by atoms with E-state index in [1.54, 1.807) is 59.3 Å². The first-order valence-electron chi connectivity index (χ1n) is 16.0. The summed E-state index contributed by atoms with van der Waals surface area (Å²) in [5.74, 6) is 1.71. The van der Waals surface area contributed by atoms with Gasteiger partial charge in [0.2, 0.25) is 0 Å². The molecule has 0 bridgehead atoms. The van der Waals surface area contributed by atoms with Crippen LogP contribution in [0.2, 0.25) is 0 Å². The molecular weight excluding hydrogens is 632 g/mol. The second-order valence-electron chi connectivity index (χ2n) is 12.8. The van der Waals surface area contributed by atoms with E-state index in [0.29, 0.717) is 55.3 Å². The Morgan fingerprint density at radius 3 is 2.42 bits per heavy atom. The Bertz CT molecular complexity index is 1850. The van der Waals surface area contributed by atoms with Gasteiger partial charge in [0, 0.05) is 13.1 Å². The number of methoxy groups -OCH3 is 2. The third-order valence-electron chi connectivity index (χ3n) is 8.08. The number of amides is 1. The lowest BCUT2D eigenvalue weighted by Crippen LogP contribution is -2.43. The van der Waals surface area contributed by atoms with Crippen molar-refractivity contribution in [2.45, 2.75) is 56.6 Å². The summed E-state index contributed by atoms with van der Waals surface area (Å²) < 4.78 is 51.3. The number of aliphatic hydroxyl groups excluding tert-OH is 1. The number of nitrogens with zero attached hydrogens (tertiary/aromatic N) is 2. The molecule has 10 nitrogen and oxygen atoms in total. The average Bonchev–Trinajstić information content (AvgIpc) is 3.07. The van der Waals surface area contributed by atoms with E-state index in [4.69, 9.17) is 18.9 Å². The van der Waals surface area contributed by atoms with Gasteiger partial charge in [-0.1, -0.05) is 36.4 Å². The smallest absolute Gasteiger partial charge is 0.410 e. The molecule has 0 saturated heterocycles. The highest BCUT2D eigenvalue weighted by Gasteiger charge is 2.30. The number of ether oxygens (including phenoxy) is 4. The van der Waals surface area contributed by atoms with Gasteiger partial charge in [0.05, 0.1) is 31.3 Å². The van der Waals surface area contributed by atoms with Crippen LogP contribution in [0.1, 0.15) is 38.3 Å². The highest BCUT2D eigenvalue weighted by molar-refractivity contribution is 7.92. The Hall–Kier alpha value is -4.48. The summed E-state index contributed by atoms with van der Waals surface area (Å²) in [6.45, 7) is 5.97. The number of anilines is 1. The first-order valence-corrected chi connectivity index (χ1v) is 17.5. The highest BCUT2D eigenvalue weighted by Crippen LogP contribution is 2.35. The first kappa shape index (κ1) is 34.8. The summed E-state index contributed by atoms with van der Waals surface area (Å²) in [6, 6.07) is 23.7. The Morgan fingerprint density at radius 2 is 1.69 bits per heavy atom. The third kappa shape index (κ3) is 8.32. The van der Waals surface area contributed by atoms with Gasteiger partial charge in [0.1, 0.15) is 24.1 Å². The number of aliphatic hydroxyl groups is 1. The number of carbonyl (C=O) groups is 1. The van der Waals surface area contributed by atoms with E-state index in [1.165, 1.54) is 9.21 Å². The maximum absolute atomic E-state index is 13.8. The van der Waals surface area contributed by atoms with Crippen molar-refractivity contribution in [1.82, 2.24) is 4.90 Å². The minimum atomic E-state index is -3.78. The average molecular weight is 677 g/mol. The van der Waals surface area contributed by atoms with Crippen molar-refractivity contribution in [3.05, 3.63) is 90.0 Å². The Morgan fingerprint density at radius 1 is 0.938 bits per heavy atom. The van der Waals surface area contributed by atoms with E-state index in [9.17, 15) is 18.3 Å². The maximum Gasteiger partial charge on any atom is 0.410 e. The van der Waals surface area contributed by atoms with Crippen LogP contribution < -0.4 is 18.5 Å². The van der Waals surface area contributed by atoms with Gasteiger partial charge in [-0.2, -0.15) is 0 Å². The molecule has 0 fully saturated rings. The van der Waals surface area contributed by atoms with Crippen LogP contribution in [0, 0.1) is 0 Å². The molecule has 11 heteroatoms. The molecular formula is C37H44N2O8S. The fourth-order valence-electron chi connectivity index (χ4n) is 5.72.